The Labute approximate surface area is 227 Å². The lowest BCUT2D eigenvalue weighted by Gasteiger charge is -2.36. The van der Waals surface area contributed by atoms with Gasteiger partial charge in [-0.2, -0.15) is 0 Å². The summed E-state index contributed by atoms with van der Waals surface area (Å²) >= 11 is 0. The van der Waals surface area contributed by atoms with Gasteiger partial charge in [-0.15, -0.1) is 0 Å². The summed E-state index contributed by atoms with van der Waals surface area (Å²) < 4.78 is 0. The van der Waals surface area contributed by atoms with E-state index in [9.17, 15) is 9.59 Å². The van der Waals surface area contributed by atoms with E-state index >= 15 is 0 Å². The molecule has 0 unspecified atom stereocenters. The van der Waals surface area contributed by atoms with E-state index in [2.05, 4.69) is 37.6 Å². The lowest BCUT2D eigenvalue weighted by molar-refractivity contribution is -0.114. The van der Waals surface area contributed by atoms with Crippen molar-refractivity contribution in [2.24, 2.45) is 5.73 Å². The topological polar surface area (TPSA) is 116 Å². The molecule has 0 bridgehead atoms. The number of nitrogens with one attached hydrogen (secondary N) is 2. The van der Waals surface area contributed by atoms with Gasteiger partial charge < -0.3 is 26.2 Å². The molecule has 3 aromatic carbocycles. The molecule has 5 rings (SSSR count). The smallest absolute Gasteiger partial charge is 0.254 e. The van der Waals surface area contributed by atoms with Gasteiger partial charge in [-0.3, -0.25) is 9.59 Å². The maximum absolute atomic E-state index is 13.1. The van der Waals surface area contributed by atoms with Crippen LogP contribution in [0, 0.1) is 0 Å². The van der Waals surface area contributed by atoms with Crippen molar-refractivity contribution in [3.63, 3.8) is 0 Å². The van der Waals surface area contributed by atoms with Crippen molar-refractivity contribution in [1.29, 1.82) is 0 Å². The van der Waals surface area contributed by atoms with E-state index in [0.29, 0.717) is 31.1 Å². The lowest BCUT2D eigenvalue weighted by atomic mass is 10.1. The van der Waals surface area contributed by atoms with E-state index in [1.54, 1.807) is 6.20 Å². The van der Waals surface area contributed by atoms with Gasteiger partial charge in [0.2, 0.25) is 11.9 Å². The molecule has 39 heavy (non-hydrogen) atoms. The van der Waals surface area contributed by atoms with E-state index in [0.717, 1.165) is 47.0 Å². The second-order valence-electron chi connectivity index (χ2n) is 9.34. The number of amides is 2. The first kappa shape index (κ1) is 25.9. The summed E-state index contributed by atoms with van der Waals surface area (Å²) in [7, 11) is 0. The maximum atomic E-state index is 13.1. The number of carbonyl (C=O) groups excluding carboxylic acids is 2. The zero-order valence-corrected chi connectivity index (χ0v) is 21.8. The molecule has 9 nitrogen and oxygen atoms in total. The molecule has 1 fully saturated rings. The van der Waals surface area contributed by atoms with Gasteiger partial charge in [0.25, 0.3) is 5.91 Å². The van der Waals surface area contributed by atoms with Crippen LogP contribution in [0.1, 0.15) is 22.8 Å². The summed E-state index contributed by atoms with van der Waals surface area (Å²) in [6.07, 6.45) is 1.72. The van der Waals surface area contributed by atoms with Crippen LogP contribution in [0.4, 0.5) is 23.0 Å². The normalized spacial score (nSPS) is 13.2. The molecule has 1 aliphatic heterocycles. The number of hydrogen-bond donors (Lipinski definition) is 3. The Balaban J connectivity index is 1.23. The van der Waals surface area contributed by atoms with Crippen LogP contribution in [-0.2, 0) is 11.3 Å². The Hall–Kier alpha value is -4.76. The van der Waals surface area contributed by atoms with Crippen molar-refractivity contribution in [1.82, 2.24) is 14.9 Å². The Morgan fingerprint density at radius 2 is 1.67 bits per heavy atom. The standard InChI is InChI=1S/C30H31N7O2/c1-21(38)33-24-11-9-22(10-12-24)28-13-14-32-30(35-28)34-25-6-4-7-26(19-25)36-15-17-37(18-16-36)29(39)27-8-3-2-5-23(27)20-31/h2-14,19H,15-18,20,31H2,1H3,(H,33,38)(H,32,34,35). The van der Waals surface area contributed by atoms with E-state index in [1.807, 2.05) is 71.6 Å². The number of anilines is 4. The highest BCUT2D eigenvalue weighted by Crippen LogP contribution is 2.25. The molecule has 0 saturated carbocycles. The third kappa shape index (κ3) is 6.22. The maximum Gasteiger partial charge on any atom is 0.254 e. The van der Waals surface area contributed by atoms with E-state index < -0.39 is 0 Å². The van der Waals surface area contributed by atoms with Gasteiger partial charge in [0.05, 0.1) is 5.69 Å². The van der Waals surface area contributed by atoms with Gasteiger partial charge in [0, 0.05) is 74.0 Å². The van der Waals surface area contributed by atoms with Crippen molar-refractivity contribution < 1.29 is 9.59 Å². The molecule has 4 N–H and O–H groups in total. The molecule has 2 amide bonds. The first-order valence-electron chi connectivity index (χ1n) is 12.9. The first-order valence-corrected chi connectivity index (χ1v) is 12.9. The molecule has 2 heterocycles. The van der Waals surface area contributed by atoms with Gasteiger partial charge in [-0.25, -0.2) is 9.97 Å². The van der Waals surface area contributed by atoms with Crippen LogP contribution in [0.15, 0.2) is 85.1 Å². The van der Waals surface area contributed by atoms with E-state index in [4.69, 9.17) is 5.73 Å². The Kier molecular flexibility index (Phi) is 7.79. The minimum Gasteiger partial charge on any atom is -0.368 e. The lowest BCUT2D eigenvalue weighted by Crippen LogP contribution is -2.49. The van der Waals surface area contributed by atoms with E-state index in [-0.39, 0.29) is 11.8 Å². The first-order chi connectivity index (χ1) is 19.0. The third-order valence-electron chi connectivity index (χ3n) is 6.66. The number of nitrogens with zero attached hydrogens (tertiary/aromatic N) is 4. The Morgan fingerprint density at radius 1 is 0.897 bits per heavy atom. The van der Waals surface area contributed by atoms with Gasteiger partial charge in [-0.05, 0) is 48.0 Å². The zero-order valence-electron chi connectivity index (χ0n) is 21.8. The molecule has 0 aliphatic carbocycles. The van der Waals surface area contributed by atoms with Crippen LogP contribution >= 0.6 is 0 Å². The fraction of sp³-hybridized carbons (Fsp3) is 0.200. The van der Waals surface area contributed by atoms with Crippen molar-refractivity contribution in [2.75, 3.05) is 41.7 Å². The van der Waals surface area contributed by atoms with Gasteiger partial charge in [0.1, 0.15) is 0 Å². The van der Waals surface area contributed by atoms with Crippen LogP contribution in [0.25, 0.3) is 11.3 Å². The van der Waals surface area contributed by atoms with Gasteiger partial charge in [0.15, 0.2) is 0 Å². The average Bonchev–Trinajstić information content (AvgIpc) is 2.97. The van der Waals surface area contributed by atoms with Crippen LogP contribution in [0.2, 0.25) is 0 Å². The van der Waals surface area contributed by atoms with E-state index in [1.165, 1.54) is 6.92 Å². The van der Waals surface area contributed by atoms with Crippen molar-refractivity contribution in [2.45, 2.75) is 13.5 Å². The largest absolute Gasteiger partial charge is 0.368 e. The van der Waals surface area contributed by atoms with Crippen molar-refractivity contribution in [3.05, 3.63) is 96.2 Å². The molecule has 9 heteroatoms. The molecular formula is C30H31N7O2. The number of piperazine rings is 1. The fourth-order valence-corrected chi connectivity index (χ4v) is 4.66. The highest BCUT2D eigenvalue weighted by atomic mass is 16.2. The summed E-state index contributed by atoms with van der Waals surface area (Å²) in [5.74, 6) is 0.416. The number of benzene rings is 3. The monoisotopic (exact) mass is 521 g/mol. The Morgan fingerprint density at radius 3 is 2.41 bits per heavy atom. The molecule has 1 aliphatic rings. The average molecular weight is 522 g/mol. The molecule has 0 spiro atoms. The molecule has 0 radical (unpaired) electrons. The predicted molar refractivity (Wildman–Crippen MR) is 154 cm³/mol. The molecule has 1 aromatic heterocycles. The number of carbonyl (C=O) groups is 2. The summed E-state index contributed by atoms with van der Waals surface area (Å²) in [6, 6.07) is 25.0. The van der Waals surface area contributed by atoms with Crippen LogP contribution < -0.4 is 21.3 Å². The van der Waals surface area contributed by atoms with Gasteiger partial charge in [-0.1, -0.05) is 36.4 Å². The van der Waals surface area contributed by atoms with Crippen LogP contribution in [0.5, 0.6) is 0 Å². The Bertz CT molecular complexity index is 1460. The van der Waals surface area contributed by atoms with Crippen molar-refractivity contribution in [3.8, 4) is 11.3 Å². The van der Waals surface area contributed by atoms with Crippen LogP contribution in [-0.4, -0.2) is 52.9 Å². The molecule has 4 aromatic rings. The molecular weight excluding hydrogens is 490 g/mol. The molecule has 198 valence electrons. The molecule has 1 saturated heterocycles. The number of hydrogen-bond acceptors (Lipinski definition) is 7. The summed E-state index contributed by atoms with van der Waals surface area (Å²) in [6.45, 7) is 4.58. The zero-order chi connectivity index (χ0) is 27.2. The SMILES string of the molecule is CC(=O)Nc1ccc(-c2ccnc(Nc3cccc(N4CCN(C(=O)c5ccccc5CN)CC4)c3)n2)cc1. The van der Waals surface area contributed by atoms with Gasteiger partial charge >= 0.3 is 0 Å². The second kappa shape index (κ2) is 11.7. The summed E-state index contributed by atoms with van der Waals surface area (Å²) in [5.41, 5.74) is 11.8. The van der Waals surface area contributed by atoms with Crippen LogP contribution in [0.3, 0.4) is 0 Å². The minimum atomic E-state index is -0.109. The fourth-order valence-electron chi connectivity index (χ4n) is 4.66. The third-order valence-corrected chi connectivity index (χ3v) is 6.66. The van der Waals surface area contributed by atoms with Crippen molar-refractivity contribution >= 4 is 34.8 Å². The molecule has 0 atom stereocenters. The highest BCUT2D eigenvalue weighted by Gasteiger charge is 2.23. The summed E-state index contributed by atoms with van der Waals surface area (Å²) in [4.78, 5) is 37.6. The number of nitrogens with two attached hydrogens (primary N) is 1. The number of aromatic nitrogens is 2. The predicted octanol–water partition coefficient (Wildman–Crippen LogP) is 4.27. The number of rotatable bonds is 7. The quantitative estimate of drug-likeness (QED) is 0.333. The highest BCUT2D eigenvalue weighted by molar-refractivity contribution is 5.96. The minimum absolute atomic E-state index is 0.0351. The second-order valence-corrected chi connectivity index (χ2v) is 9.34. The summed E-state index contributed by atoms with van der Waals surface area (Å²) in [5, 5.41) is 6.08.